The summed E-state index contributed by atoms with van der Waals surface area (Å²) in [6, 6.07) is 15.0. The van der Waals surface area contributed by atoms with Gasteiger partial charge in [-0.15, -0.1) is 0 Å². The van der Waals surface area contributed by atoms with Crippen LogP contribution in [0.3, 0.4) is 0 Å². The first-order chi connectivity index (χ1) is 15.1. The van der Waals surface area contributed by atoms with Crippen molar-refractivity contribution >= 4 is 16.8 Å². The van der Waals surface area contributed by atoms with Crippen molar-refractivity contribution in [3.8, 4) is 0 Å². The molecule has 1 N–H and O–H groups in total. The van der Waals surface area contributed by atoms with Gasteiger partial charge in [0.1, 0.15) is 5.82 Å². The van der Waals surface area contributed by atoms with E-state index in [2.05, 4.69) is 31.0 Å². The van der Waals surface area contributed by atoms with Crippen molar-refractivity contribution in [3.63, 3.8) is 0 Å². The van der Waals surface area contributed by atoms with E-state index in [-0.39, 0.29) is 17.5 Å². The van der Waals surface area contributed by atoms with Crippen LogP contribution in [0, 0.1) is 0 Å². The van der Waals surface area contributed by atoms with Crippen molar-refractivity contribution in [2.75, 3.05) is 6.54 Å². The second-order valence-corrected chi connectivity index (χ2v) is 8.04. The number of aryl methyl sites for hydroxylation is 1. The summed E-state index contributed by atoms with van der Waals surface area (Å²) in [5.41, 5.74) is 2.42. The van der Waals surface area contributed by atoms with Crippen molar-refractivity contribution in [1.29, 1.82) is 0 Å². The van der Waals surface area contributed by atoms with Crippen molar-refractivity contribution < 1.29 is 4.79 Å². The maximum absolute atomic E-state index is 13.4. The Bertz CT molecular complexity index is 1060. The van der Waals surface area contributed by atoms with Crippen molar-refractivity contribution in [2.45, 2.75) is 65.3 Å². The first-order valence-corrected chi connectivity index (χ1v) is 11.5. The summed E-state index contributed by atoms with van der Waals surface area (Å²) in [6.45, 7) is 6.88. The number of rotatable bonds is 10. The van der Waals surface area contributed by atoms with Gasteiger partial charge in [-0.1, -0.05) is 57.9 Å². The molecule has 5 nitrogen and oxygen atoms in total. The molecule has 0 aliphatic rings. The molecule has 0 spiro atoms. The number of aromatic amines is 1. The van der Waals surface area contributed by atoms with Crippen LogP contribution in [0.1, 0.15) is 80.7 Å². The highest BCUT2D eigenvalue weighted by Gasteiger charge is 2.26. The van der Waals surface area contributed by atoms with Crippen LogP contribution in [-0.2, 0) is 6.42 Å². The van der Waals surface area contributed by atoms with E-state index in [1.807, 2.05) is 42.2 Å². The average molecular weight is 420 g/mol. The highest BCUT2D eigenvalue weighted by Crippen LogP contribution is 2.24. The first kappa shape index (κ1) is 22.7. The number of H-pyrrole nitrogens is 1. The summed E-state index contributed by atoms with van der Waals surface area (Å²) in [7, 11) is 0. The fourth-order valence-electron chi connectivity index (χ4n) is 4.02. The topological polar surface area (TPSA) is 66.1 Å². The van der Waals surface area contributed by atoms with Gasteiger partial charge >= 0.3 is 0 Å². The summed E-state index contributed by atoms with van der Waals surface area (Å²) in [6.07, 6.45) is 6.13. The molecule has 1 heterocycles. The molecule has 0 unspecified atom stereocenters. The molecule has 0 bridgehead atoms. The zero-order valence-electron chi connectivity index (χ0n) is 18.9. The Hall–Kier alpha value is -2.95. The molecule has 164 valence electrons. The third-order valence-corrected chi connectivity index (χ3v) is 5.70. The molecule has 5 heteroatoms. The van der Waals surface area contributed by atoms with Crippen LogP contribution in [0.2, 0.25) is 0 Å². The standard InChI is InChI=1S/C26H33N3O2/c1-4-7-8-11-19-14-16-20(17-15-19)26(31)29(18-5-2)23(6-3)24-27-22-13-10-9-12-21(22)25(30)28-24/h9-10,12-17,23H,4-8,11,18H2,1-3H3,(H,27,28,30)/t23-/m1/s1. The fourth-order valence-corrected chi connectivity index (χ4v) is 4.02. The van der Waals surface area contributed by atoms with Crippen LogP contribution in [0.4, 0.5) is 0 Å². The third-order valence-electron chi connectivity index (χ3n) is 5.70. The molecule has 0 radical (unpaired) electrons. The number of benzene rings is 2. The van der Waals surface area contributed by atoms with Gasteiger partial charge in [-0.2, -0.15) is 0 Å². The molecule has 2 aromatic carbocycles. The van der Waals surface area contributed by atoms with Crippen molar-refractivity contribution in [3.05, 3.63) is 75.8 Å². The second-order valence-electron chi connectivity index (χ2n) is 8.04. The third kappa shape index (κ3) is 5.40. The summed E-state index contributed by atoms with van der Waals surface area (Å²) in [4.78, 5) is 35.5. The van der Waals surface area contributed by atoms with E-state index in [0.29, 0.717) is 35.3 Å². The maximum atomic E-state index is 13.4. The lowest BCUT2D eigenvalue weighted by Gasteiger charge is -2.30. The van der Waals surface area contributed by atoms with E-state index in [1.165, 1.54) is 24.8 Å². The SMILES string of the molecule is CCCCCc1ccc(C(=O)N(CCC)[C@H](CC)c2nc3ccccc3c(=O)[nH]2)cc1. The first-order valence-electron chi connectivity index (χ1n) is 11.5. The summed E-state index contributed by atoms with van der Waals surface area (Å²) in [5.74, 6) is 0.522. The molecule has 0 fully saturated rings. The number of nitrogens with zero attached hydrogens (tertiary/aromatic N) is 2. The molecular weight excluding hydrogens is 386 g/mol. The van der Waals surface area contributed by atoms with E-state index in [4.69, 9.17) is 4.98 Å². The lowest BCUT2D eigenvalue weighted by molar-refractivity contribution is 0.0661. The molecule has 1 atom stereocenters. The minimum absolute atomic E-state index is 0.0235. The van der Waals surface area contributed by atoms with Crippen molar-refractivity contribution in [1.82, 2.24) is 14.9 Å². The molecule has 3 aromatic rings. The number of hydrogen-bond donors (Lipinski definition) is 1. The van der Waals surface area contributed by atoms with Gasteiger partial charge < -0.3 is 9.88 Å². The Kier molecular flexibility index (Phi) is 7.99. The molecule has 0 saturated heterocycles. The molecule has 1 amide bonds. The minimum Gasteiger partial charge on any atom is -0.328 e. The summed E-state index contributed by atoms with van der Waals surface area (Å²) < 4.78 is 0. The number of aromatic nitrogens is 2. The van der Waals surface area contributed by atoms with Gasteiger partial charge in [-0.05, 0) is 55.5 Å². The smallest absolute Gasteiger partial charge is 0.258 e. The molecule has 3 rings (SSSR count). The molecular formula is C26H33N3O2. The van der Waals surface area contributed by atoms with E-state index in [1.54, 1.807) is 6.07 Å². The molecule has 0 saturated carbocycles. The Balaban J connectivity index is 1.89. The van der Waals surface area contributed by atoms with Crippen molar-refractivity contribution in [2.24, 2.45) is 0 Å². The monoisotopic (exact) mass is 419 g/mol. The van der Waals surface area contributed by atoms with Gasteiger partial charge in [0.15, 0.2) is 0 Å². The quantitative estimate of drug-likeness (QED) is 0.431. The maximum Gasteiger partial charge on any atom is 0.258 e. The van der Waals surface area contributed by atoms with E-state index in [0.717, 1.165) is 12.8 Å². The predicted octanol–water partition coefficient (Wildman–Crippen LogP) is 5.66. The van der Waals surface area contributed by atoms with E-state index >= 15 is 0 Å². The zero-order chi connectivity index (χ0) is 22.2. The van der Waals surface area contributed by atoms with Crippen LogP contribution in [-0.4, -0.2) is 27.3 Å². The fraction of sp³-hybridized carbons (Fsp3) is 0.423. The van der Waals surface area contributed by atoms with Gasteiger partial charge in [0.05, 0.1) is 16.9 Å². The number of carbonyl (C=O) groups excluding carboxylic acids is 1. The highest BCUT2D eigenvalue weighted by atomic mass is 16.2. The second kappa shape index (κ2) is 10.9. The van der Waals surface area contributed by atoms with E-state index < -0.39 is 0 Å². The van der Waals surface area contributed by atoms with Gasteiger partial charge in [0, 0.05) is 12.1 Å². The zero-order valence-corrected chi connectivity index (χ0v) is 18.9. The predicted molar refractivity (Wildman–Crippen MR) is 126 cm³/mol. The van der Waals surface area contributed by atoms with Gasteiger partial charge in [0.25, 0.3) is 11.5 Å². The van der Waals surface area contributed by atoms with Crippen LogP contribution >= 0.6 is 0 Å². The normalized spacial score (nSPS) is 12.1. The molecule has 31 heavy (non-hydrogen) atoms. The molecule has 0 aliphatic carbocycles. The van der Waals surface area contributed by atoms with E-state index in [9.17, 15) is 9.59 Å². The Morgan fingerprint density at radius 2 is 1.74 bits per heavy atom. The highest BCUT2D eigenvalue weighted by molar-refractivity contribution is 5.94. The number of carbonyl (C=O) groups is 1. The Labute approximate surface area is 184 Å². The largest absolute Gasteiger partial charge is 0.328 e. The number of nitrogens with one attached hydrogen (secondary N) is 1. The van der Waals surface area contributed by atoms with Gasteiger partial charge in [0.2, 0.25) is 0 Å². The van der Waals surface area contributed by atoms with Crippen LogP contribution < -0.4 is 5.56 Å². The van der Waals surface area contributed by atoms with Gasteiger partial charge in [-0.3, -0.25) is 9.59 Å². The van der Waals surface area contributed by atoms with Crippen LogP contribution in [0.15, 0.2) is 53.3 Å². The number of amides is 1. The van der Waals surface area contributed by atoms with Crippen LogP contribution in [0.5, 0.6) is 0 Å². The Morgan fingerprint density at radius 1 is 1.00 bits per heavy atom. The van der Waals surface area contributed by atoms with Crippen LogP contribution in [0.25, 0.3) is 10.9 Å². The Morgan fingerprint density at radius 3 is 2.42 bits per heavy atom. The number of para-hydroxylation sites is 1. The number of hydrogen-bond acceptors (Lipinski definition) is 3. The molecule has 0 aliphatic heterocycles. The van der Waals surface area contributed by atoms with Gasteiger partial charge in [-0.25, -0.2) is 4.98 Å². The minimum atomic E-state index is -0.283. The lowest BCUT2D eigenvalue weighted by atomic mass is 10.0. The number of fused-ring (bicyclic) bond motifs is 1. The molecule has 1 aromatic heterocycles. The lowest BCUT2D eigenvalue weighted by Crippen LogP contribution is -2.37. The number of unbranched alkanes of at least 4 members (excludes halogenated alkanes) is 2. The summed E-state index contributed by atoms with van der Waals surface area (Å²) >= 11 is 0. The summed E-state index contributed by atoms with van der Waals surface area (Å²) in [5, 5.41) is 0.563. The average Bonchev–Trinajstić information content (AvgIpc) is 2.79.